The van der Waals surface area contributed by atoms with Gasteiger partial charge in [-0.2, -0.15) is 0 Å². The van der Waals surface area contributed by atoms with E-state index >= 15 is 0 Å². The first kappa shape index (κ1) is 20.4. The Labute approximate surface area is 173 Å². The molecule has 0 unspecified atom stereocenters. The lowest BCUT2D eigenvalue weighted by Gasteiger charge is -2.09. The third-order valence-corrected chi connectivity index (χ3v) is 6.24. The van der Waals surface area contributed by atoms with Crippen molar-refractivity contribution in [3.63, 3.8) is 0 Å². The van der Waals surface area contributed by atoms with Crippen molar-refractivity contribution in [1.82, 2.24) is 0 Å². The van der Waals surface area contributed by atoms with Gasteiger partial charge in [-0.15, -0.1) is 0 Å². The number of ether oxygens (including phenoxy) is 2. The van der Waals surface area contributed by atoms with Gasteiger partial charge in [0.15, 0.2) is 14.7 Å². The first-order chi connectivity index (χ1) is 14.2. The first-order valence-electron chi connectivity index (χ1n) is 9.10. The number of rotatable bonds is 8. The van der Waals surface area contributed by atoms with E-state index < -0.39 is 11.9 Å². The molecule has 29 heavy (non-hydrogen) atoms. The fourth-order valence-corrected chi connectivity index (χ4v) is 4.75. The second-order valence-electron chi connectivity index (χ2n) is 5.96. The molecule has 3 aromatic rings. The Hall–Kier alpha value is -3.31. The van der Waals surface area contributed by atoms with Gasteiger partial charge in [-0.1, -0.05) is 43.0 Å². The average Bonchev–Trinajstić information content (AvgIpc) is 2.78. The smallest absolute Gasteiger partial charge is 0.338 e. The normalized spacial score (nSPS) is 10.4. The Morgan fingerprint density at radius 2 is 1.21 bits per heavy atom. The minimum atomic E-state index is -0.542. The molecule has 0 atom stereocenters. The van der Waals surface area contributed by atoms with Gasteiger partial charge >= 0.3 is 11.9 Å². The van der Waals surface area contributed by atoms with E-state index in [0.717, 1.165) is 11.0 Å². The van der Waals surface area contributed by atoms with Gasteiger partial charge in [0.05, 0.1) is 16.5 Å². The first-order valence-corrected chi connectivity index (χ1v) is 10.3. The zero-order valence-corrected chi connectivity index (χ0v) is 16.6. The maximum absolute atomic E-state index is 12.2. The summed E-state index contributed by atoms with van der Waals surface area (Å²) < 4.78 is 9.94. The third-order valence-electron chi connectivity index (χ3n) is 4.01. The number of esters is 2. The Morgan fingerprint density at radius 3 is 1.72 bits per heavy atom. The quantitative estimate of drug-likeness (QED) is 0.237. The number of benzene rings is 3. The van der Waals surface area contributed by atoms with Gasteiger partial charge in [0, 0.05) is 6.08 Å². The van der Waals surface area contributed by atoms with Gasteiger partial charge in [0.1, 0.15) is 13.2 Å². The van der Waals surface area contributed by atoms with Crippen LogP contribution in [0.1, 0.15) is 10.4 Å². The van der Waals surface area contributed by atoms with Crippen LogP contribution in [0.2, 0.25) is 0 Å². The maximum atomic E-state index is 12.2. The Kier molecular flexibility index (Phi) is 7.25. The van der Waals surface area contributed by atoms with Crippen molar-refractivity contribution in [3.8, 4) is 0 Å². The second-order valence-corrected chi connectivity index (χ2v) is 7.99. The van der Waals surface area contributed by atoms with Gasteiger partial charge in [-0.05, 0) is 48.5 Å². The van der Waals surface area contributed by atoms with E-state index in [-0.39, 0.29) is 24.1 Å². The van der Waals surface area contributed by atoms with E-state index in [1.807, 2.05) is 48.5 Å². The van der Waals surface area contributed by atoms with Crippen LogP contribution in [0.3, 0.4) is 0 Å². The number of hydrogen-bond donors (Lipinski definition) is 0. The third kappa shape index (κ3) is 5.59. The van der Waals surface area contributed by atoms with E-state index in [1.54, 1.807) is 12.1 Å². The number of carbonyl (C=O) groups excluding carboxylic acids is 2. The average molecular weight is 405 g/mol. The predicted octanol–water partition coefficient (Wildman–Crippen LogP) is 4.67. The summed E-state index contributed by atoms with van der Waals surface area (Å²) in [5.74, 6) is -0.996. The minimum absolute atomic E-state index is 0.000147. The summed E-state index contributed by atoms with van der Waals surface area (Å²) in [5.41, 5.74) is 0.452. The standard InChI is InChI=1S/C24H21O4S/c1-2-23(25)27-17-18-28-24(26)19-13-15-22(16-14-19)29(20-9-5-3-6-10-20)21-11-7-4-8-12-21/h2-16H,1,17-18H2/q+1. The van der Waals surface area contributed by atoms with Crippen molar-refractivity contribution in [1.29, 1.82) is 0 Å². The lowest BCUT2D eigenvalue weighted by atomic mass is 10.2. The van der Waals surface area contributed by atoms with E-state index in [1.165, 1.54) is 9.79 Å². The molecule has 0 N–H and O–H groups in total. The molecule has 0 bridgehead atoms. The second kappa shape index (κ2) is 10.3. The summed E-state index contributed by atoms with van der Waals surface area (Å²) in [6.07, 6.45) is 1.07. The van der Waals surface area contributed by atoms with Gasteiger partial charge in [-0.3, -0.25) is 0 Å². The van der Waals surface area contributed by atoms with Crippen molar-refractivity contribution in [2.45, 2.75) is 14.7 Å². The monoisotopic (exact) mass is 405 g/mol. The van der Waals surface area contributed by atoms with E-state index in [0.29, 0.717) is 5.56 Å². The molecule has 0 spiro atoms. The molecule has 0 amide bonds. The highest BCUT2D eigenvalue weighted by Crippen LogP contribution is 2.31. The van der Waals surface area contributed by atoms with Crippen LogP contribution >= 0.6 is 0 Å². The largest absolute Gasteiger partial charge is 0.459 e. The molecule has 146 valence electrons. The molecule has 3 rings (SSSR count). The van der Waals surface area contributed by atoms with Crippen molar-refractivity contribution in [2.24, 2.45) is 0 Å². The van der Waals surface area contributed by atoms with Gasteiger partial charge in [0.25, 0.3) is 0 Å². The maximum Gasteiger partial charge on any atom is 0.338 e. The molecular weight excluding hydrogens is 384 g/mol. The van der Waals surface area contributed by atoms with Crippen molar-refractivity contribution in [2.75, 3.05) is 13.2 Å². The van der Waals surface area contributed by atoms with Crippen molar-refractivity contribution >= 4 is 22.8 Å². The molecule has 0 saturated carbocycles. The lowest BCUT2D eigenvalue weighted by molar-refractivity contribution is -0.138. The molecule has 4 nitrogen and oxygen atoms in total. The van der Waals surface area contributed by atoms with E-state index in [4.69, 9.17) is 9.47 Å². The van der Waals surface area contributed by atoms with Crippen LogP contribution in [0.25, 0.3) is 0 Å². The Morgan fingerprint density at radius 1 is 0.724 bits per heavy atom. The lowest BCUT2D eigenvalue weighted by Crippen LogP contribution is -2.13. The zero-order valence-electron chi connectivity index (χ0n) is 15.8. The molecule has 0 saturated heterocycles. The summed E-state index contributed by atoms with van der Waals surface area (Å²) in [4.78, 5) is 26.7. The molecular formula is C24H21O4S+. The van der Waals surface area contributed by atoms with Crippen LogP contribution in [0.5, 0.6) is 0 Å². The Bertz CT molecular complexity index is 914. The van der Waals surface area contributed by atoms with Crippen molar-refractivity contribution in [3.05, 3.63) is 103 Å². The van der Waals surface area contributed by atoms with Crippen LogP contribution in [0, 0.1) is 0 Å². The summed E-state index contributed by atoms with van der Waals surface area (Å²) in [6, 6.07) is 28.0. The van der Waals surface area contributed by atoms with Crippen LogP contribution in [-0.4, -0.2) is 25.2 Å². The minimum Gasteiger partial charge on any atom is -0.459 e. The van der Waals surface area contributed by atoms with Crippen molar-refractivity contribution < 1.29 is 19.1 Å². The molecule has 0 radical (unpaired) electrons. The molecule has 3 aromatic carbocycles. The fourth-order valence-electron chi connectivity index (χ4n) is 2.67. The van der Waals surface area contributed by atoms with Gasteiger partial charge < -0.3 is 9.47 Å². The van der Waals surface area contributed by atoms with Crippen LogP contribution in [0.15, 0.2) is 112 Å². The highest BCUT2D eigenvalue weighted by molar-refractivity contribution is 7.97. The zero-order chi connectivity index (χ0) is 20.5. The molecule has 0 aliphatic carbocycles. The van der Waals surface area contributed by atoms with Gasteiger partial charge in [-0.25, -0.2) is 9.59 Å². The highest BCUT2D eigenvalue weighted by Gasteiger charge is 2.28. The molecule has 5 heteroatoms. The molecule has 0 aliphatic rings. The van der Waals surface area contributed by atoms with Gasteiger partial charge in [0.2, 0.25) is 0 Å². The molecule has 0 aliphatic heterocycles. The molecule has 0 heterocycles. The SMILES string of the molecule is C=CC(=O)OCCOC(=O)c1ccc([S+](c2ccccc2)c2ccccc2)cc1. The predicted molar refractivity (Wildman–Crippen MR) is 113 cm³/mol. The van der Waals surface area contributed by atoms with Crippen LogP contribution in [0.4, 0.5) is 0 Å². The summed E-state index contributed by atoms with van der Waals surface area (Å²) in [7, 11) is -0.268. The van der Waals surface area contributed by atoms with E-state index in [9.17, 15) is 9.59 Å². The highest BCUT2D eigenvalue weighted by atomic mass is 32.2. The molecule has 0 aromatic heterocycles. The topological polar surface area (TPSA) is 52.6 Å². The summed E-state index contributed by atoms with van der Waals surface area (Å²) >= 11 is 0. The van der Waals surface area contributed by atoms with E-state index in [2.05, 4.69) is 30.8 Å². The van der Waals surface area contributed by atoms with Crippen LogP contribution in [-0.2, 0) is 25.2 Å². The number of carbonyl (C=O) groups is 2. The Balaban J connectivity index is 1.73. The fraction of sp³-hybridized carbons (Fsp3) is 0.0833. The van der Waals surface area contributed by atoms with Crippen LogP contribution < -0.4 is 0 Å². The molecule has 0 fully saturated rings. The summed E-state index contributed by atoms with van der Waals surface area (Å²) in [6.45, 7) is 3.31. The number of hydrogen-bond acceptors (Lipinski definition) is 4. The summed E-state index contributed by atoms with van der Waals surface area (Å²) in [5, 5.41) is 0.